The molecule has 30 heavy (non-hydrogen) atoms. The molecule has 7 heteroatoms. The summed E-state index contributed by atoms with van der Waals surface area (Å²) < 4.78 is 32.7. The molecule has 1 aliphatic rings. The standard InChI is InChI=1S/C23H29F2N3O2/c1-15(2)28(21-10-16(3)17(4)11-22(21)30-5)23(29)27-8-6-26(7-9-27)20-13-18(24)12-19(25)14-20/h10-15H,6-9H2,1-5H3. The fourth-order valence-corrected chi connectivity index (χ4v) is 3.76. The zero-order chi connectivity index (χ0) is 22.0. The Balaban J connectivity index is 1.79. The molecule has 0 atom stereocenters. The summed E-state index contributed by atoms with van der Waals surface area (Å²) >= 11 is 0. The van der Waals surface area contributed by atoms with Gasteiger partial charge in [-0.25, -0.2) is 13.6 Å². The molecule has 1 saturated heterocycles. The van der Waals surface area contributed by atoms with Crippen LogP contribution in [0.5, 0.6) is 5.75 Å². The van der Waals surface area contributed by atoms with Gasteiger partial charge < -0.3 is 14.5 Å². The number of halogens is 2. The third kappa shape index (κ3) is 4.50. The number of benzene rings is 2. The summed E-state index contributed by atoms with van der Waals surface area (Å²) in [4.78, 5) is 18.8. The van der Waals surface area contributed by atoms with Gasteiger partial charge in [0.05, 0.1) is 12.8 Å². The first kappa shape index (κ1) is 21.9. The lowest BCUT2D eigenvalue weighted by atomic mass is 10.1. The van der Waals surface area contributed by atoms with E-state index in [1.54, 1.807) is 16.9 Å². The molecular weight excluding hydrogens is 388 g/mol. The monoisotopic (exact) mass is 417 g/mol. The summed E-state index contributed by atoms with van der Waals surface area (Å²) in [5.41, 5.74) is 3.43. The Kier molecular flexibility index (Phi) is 6.48. The average Bonchev–Trinajstić information content (AvgIpc) is 2.69. The quantitative estimate of drug-likeness (QED) is 0.721. The summed E-state index contributed by atoms with van der Waals surface area (Å²) in [6.45, 7) is 9.91. The van der Waals surface area contributed by atoms with E-state index in [2.05, 4.69) is 0 Å². The topological polar surface area (TPSA) is 36.0 Å². The number of anilines is 2. The highest BCUT2D eigenvalue weighted by molar-refractivity contribution is 5.94. The second-order valence-corrected chi connectivity index (χ2v) is 7.96. The predicted molar refractivity (Wildman–Crippen MR) is 116 cm³/mol. The summed E-state index contributed by atoms with van der Waals surface area (Å²) in [5, 5.41) is 0. The number of hydrogen-bond acceptors (Lipinski definition) is 3. The van der Waals surface area contributed by atoms with Crippen LogP contribution < -0.4 is 14.5 Å². The van der Waals surface area contributed by atoms with Crippen LogP contribution in [0.1, 0.15) is 25.0 Å². The highest BCUT2D eigenvalue weighted by atomic mass is 19.1. The number of methoxy groups -OCH3 is 1. The van der Waals surface area contributed by atoms with E-state index >= 15 is 0 Å². The van der Waals surface area contributed by atoms with Crippen molar-refractivity contribution in [3.8, 4) is 5.75 Å². The maximum atomic E-state index is 13.6. The third-order valence-electron chi connectivity index (χ3n) is 5.54. The van der Waals surface area contributed by atoms with Gasteiger partial charge >= 0.3 is 6.03 Å². The minimum Gasteiger partial charge on any atom is -0.495 e. The first-order valence-corrected chi connectivity index (χ1v) is 10.2. The van der Waals surface area contributed by atoms with Gasteiger partial charge in [0.2, 0.25) is 0 Å². The molecule has 0 bridgehead atoms. The van der Waals surface area contributed by atoms with Gasteiger partial charge in [0.15, 0.2) is 0 Å². The van der Waals surface area contributed by atoms with Crippen molar-refractivity contribution in [3.05, 3.63) is 53.1 Å². The minimum absolute atomic E-state index is 0.0659. The molecule has 0 aromatic heterocycles. The Morgan fingerprint density at radius 1 is 0.967 bits per heavy atom. The van der Waals surface area contributed by atoms with Crippen LogP contribution in [0, 0.1) is 25.5 Å². The van der Waals surface area contributed by atoms with Gasteiger partial charge in [-0.1, -0.05) is 0 Å². The summed E-state index contributed by atoms with van der Waals surface area (Å²) in [5.74, 6) is -0.540. The largest absolute Gasteiger partial charge is 0.495 e. The number of piperazine rings is 1. The third-order valence-corrected chi connectivity index (χ3v) is 5.54. The van der Waals surface area contributed by atoms with Gasteiger partial charge in [-0.2, -0.15) is 0 Å². The number of amides is 2. The first-order valence-electron chi connectivity index (χ1n) is 10.2. The van der Waals surface area contributed by atoms with Crippen LogP contribution >= 0.6 is 0 Å². The molecule has 0 aliphatic carbocycles. The lowest BCUT2D eigenvalue weighted by molar-refractivity contribution is 0.199. The van der Waals surface area contributed by atoms with Gasteiger partial charge in [-0.3, -0.25) is 4.90 Å². The smallest absolute Gasteiger partial charge is 0.324 e. The first-order chi connectivity index (χ1) is 14.2. The van der Waals surface area contributed by atoms with E-state index in [9.17, 15) is 13.6 Å². The average molecular weight is 418 g/mol. The molecule has 5 nitrogen and oxygen atoms in total. The zero-order valence-electron chi connectivity index (χ0n) is 18.2. The number of nitrogens with zero attached hydrogens (tertiary/aromatic N) is 3. The van der Waals surface area contributed by atoms with Crippen LogP contribution in [0.15, 0.2) is 30.3 Å². The highest BCUT2D eigenvalue weighted by Gasteiger charge is 2.30. The van der Waals surface area contributed by atoms with Crippen molar-refractivity contribution in [3.63, 3.8) is 0 Å². The molecule has 162 valence electrons. The molecule has 0 saturated carbocycles. The van der Waals surface area contributed by atoms with E-state index in [-0.39, 0.29) is 12.1 Å². The maximum absolute atomic E-state index is 13.6. The molecular formula is C23H29F2N3O2. The minimum atomic E-state index is -0.601. The van der Waals surface area contributed by atoms with Gasteiger partial charge in [0, 0.05) is 44.0 Å². The van der Waals surface area contributed by atoms with Crippen LogP contribution in [-0.2, 0) is 0 Å². The molecule has 0 spiro atoms. The fraction of sp³-hybridized carbons (Fsp3) is 0.435. The SMILES string of the molecule is COc1cc(C)c(C)cc1N(C(=O)N1CCN(c2cc(F)cc(F)c2)CC1)C(C)C. The van der Waals surface area contributed by atoms with E-state index in [4.69, 9.17) is 4.74 Å². The molecule has 2 aromatic carbocycles. The van der Waals surface area contributed by atoms with Gasteiger partial charge in [0.1, 0.15) is 17.4 Å². The van der Waals surface area contributed by atoms with Crippen LogP contribution in [0.3, 0.4) is 0 Å². The number of urea groups is 1. The molecule has 1 aliphatic heterocycles. The Bertz CT molecular complexity index is 905. The van der Waals surface area contributed by atoms with Crippen molar-refractivity contribution in [2.24, 2.45) is 0 Å². The summed E-state index contributed by atoms with van der Waals surface area (Å²) in [6, 6.07) is 7.27. The number of aryl methyl sites for hydroxylation is 2. The van der Waals surface area contributed by atoms with Crippen molar-refractivity contribution in [1.29, 1.82) is 0 Å². The Hall–Kier alpha value is -2.83. The second kappa shape index (κ2) is 8.90. The molecule has 1 heterocycles. The van der Waals surface area contributed by atoms with Crippen molar-refractivity contribution in [2.45, 2.75) is 33.7 Å². The van der Waals surface area contributed by atoms with Crippen molar-refractivity contribution in [2.75, 3.05) is 43.1 Å². The fourth-order valence-electron chi connectivity index (χ4n) is 3.76. The highest BCUT2D eigenvalue weighted by Crippen LogP contribution is 2.33. The maximum Gasteiger partial charge on any atom is 0.324 e. The predicted octanol–water partition coefficient (Wildman–Crippen LogP) is 4.75. The molecule has 0 N–H and O–H groups in total. The van der Waals surface area contributed by atoms with Gasteiger partial charge in [0.25, 0.3) is 0 Å². The Morgan fingerprint density at radius 3 is 2.07 bits per heavy atom. The van der Waals surface area contributed by atoms with Crippen LogP contribution in [0.2, 0.25) is 0 Å². The van der Waals surface area contributed by atoms with Gasteiger partial charge in [-0.05, 0) is 63.1 Å². The van der Waals surface area contributed by atoms with Crippen molar-refractivity contribution < 1.29 is 18.3 Å². The van der Waals surface area contributed by atoms with Crippen LogP contribution in [-0.4, -0.2) is 50.3 Å². The lowest BCUT2D eigenvalue weighted by Gasteiger charge is -2.40. The summed E-state index contributed by atoms with van der Waals surface area (Å²) in [6.07, 6.45) is 0. The van der Waals surface area contributed by atoms with E-state index in [0.717, 1.165) is 22.9 Å². The number of rotatable bonds is 4. The van der Waals surface area contributed by atoms with E-state index in [1.165, 1.54) is 12.1 Å². The molecule has 0 radical (unpaired) electrons. The molecule has 2 aromatic rings. The second-order valence-electron chi connectivity index (χ2n) is 7.96. The Morgan fingerprint density at radius 2 is 1.53 bits per heavy atom. The zero-order valence-corrected chi connectivity index (χ0v) is 18.2. The lowest BCUT2D eigenvalue weighted by Crippen LogP contribution is -2.54. The number of ether oxygens (including phenoxy) is 1. The van der Waals surface area contributed by atoms with Crippen LogP contribution in [0.4, 0.5) is 25.0 Å². The summed E-state index contributed by atoms with van der Waals surface area (Å²) in [7, 11) is 1.60. The number of carbonyl (C=O) groups is 1. The molecule has 0 unspecified atom stereocenters. The molecule has 3 rings (SSSR count). The number of carbonyl (C=O) groups excluding carboxylic acids is 1. The van der Waals surface area contributed by atoms with Gasteiger partial charge in [-0.15, -0.1) is 0 Å². The van der Waals surface area contributed by atoms with E-state index in [0.29, 0.717) is 37.6 Å². The van der Waals surface area contributed by atoms with E-state index in [1.807, 2.05) is 44.7 Å². The number of hydrogen-bond donors (Lipinski definition) is 0. The Labute approximate surface area is 176 Å². The molecule has 2 amide bonds. The van der Waals surface area contributed by atoms with Crippen molar-refractivity contribution >= 4 is 17.4 Å². The van der Waals surface area contributed by atoms with Crippen molar-refractivity contribution in [1.82, 2.24) is 4.90 Å². The van der Waals surface area contributed by atoms with Crippen LogP contribution in [0.25, 0.3) is 0 Å². The molecule has 1 fully saturated rings. The van der Waals surface area contributed by atoms with E-state index < -0.39 is 11.6 Å². The normalized spacial score (nSPS) is 14.3.